The monoisotopic (exact) mass is 226 g/mol. The Morgan fingerprint density at radius 1 is 1.40 bits per heavy atom. The van der Waals surface area contributed by atoms with Gasteiger partial charge >= 0.3 is 5.97 Å². The van der Waals surface area contributed by atoms with Gasteiger partial charge in [0.25, 0.3) is 0 Å². The summed E-state index contributed by atoms with van der Waals surface area (Å²) in [5, 5.41) is 9.00. The van der Waals surface area contributed by atoms with E-state index in [4.69, 9.17) is 5.11 Å². The van der Waals surface area contributed by atoms with Gasteiger partial charge in [0.1, 0.15) is 0 Å². The lowest BCUT2D eigenvalue weighted by molar-refractivity contribution is -0.139. The van der Waals surface area contributed by atoms with Crippen LogP contribution in [0.25, 0.3) is 0 Å². The lowest BCUT2D eigenvalue weighted by Gasteiger charge is -2.16. The molecule has 0 aromatic heterocycles. The van der Waals surface area contributed by atoms with E-state index < -0.39 is 20.6 Å². The molecular weight excluding hydrogens is 216 g/mol. The molecule has 0 spiro atoms. The molecule has 5 heteroatoms. The number of carbonyl (C=O) groups is 1. The number of sulfone groups is 1. The molecule has 0 unspecified atom stereocenters. The molecular formula is C10H10O4S. The Hall–Kier alpha value is -1.36. The van der Waals surface area contributed by atoms with Crippen LogP contribution >= 0.6 is 0 Å². The van der Waals surface area contributed by atoms with Gasteiger partial charge in [-0.15, -0.1) is 0 Å². The average Bonchev–Trinajstić information content (AvgIpc) is 2.37. The molecule has 0 fully saturated rings. The van der Waals surface area contributed by atoms with Gasteiger partial charge in [-0.3, -0.25) is 4.79 Å². The van der Waals surface area contributed by atoms with Crippen LogP contribution in [0, 0.1) is 0 Å². The summed E-state index contributed by atoms with van der Waals surface area (Å²) in [5.41, 5.74) is 0.586. The Bertz CT molecular complexity index is 532. The van der Waals surface area contributed by atoms with E-state index in [0.717, 1.165) is 0 Å². The van der Waals surface area contributed by atoms with Gasteiger partial charge in [0.05, 0.1) is 4.90 Å². The van der Waals surface area contributed by atoms with Gasteiger partial charge in [0.15, 0.2) is 14.6 Å². The molecule has 15 heavy (non-hydrogen) atoms. The fourth-order valence-corrected chi connectivity index (χ4v) is 3.61. The summed E-state index contributed by atoms with van der Waals surface area (Å²) >= 11 is 0. The second-order valence-corrected chi connectivity index (χ2v) is 6.17. The Morgan fingerprint density at radius 3 is 2.53 bits per heavy atom. The number of aliphatic carboxylic acids is 1. The van der Waals surface area contributed by atoms with Crippen molar-refractivity contribution in [3.63, 3.8) is 0 Å². The summed E-state index contributed by atoms with van der Waals surface area (Å²) in [6, 6.07) is 6.42. The van der Waals surface area contributed by atoms with Crippen molar-refractivity contribution in [1.82, 2.24) is 0 Å². The summed E-state index contributed by atoms with van der Waals surface area (Å²) in [7, 11) is -3.74. The van der Waals surface area contributed by atoms with Crippen LogP contribution in [0.15, 0.2) is 29.2 Å². The second kappa shape index (κ2) is 2.82. The van der Waals surface area contributed by atoms with Crippen LogP contribution in [0.2, 0.25) is 0 Å². The SMILES string of the molecule is C[C@@]1(C(=O)O)Cc2ccccc2S1(=O)=O. The Labute approximate surface area is 87.5 Å². The maximum absolute atomic E-state index is 12.0. The number of rotatable bonds is 1. The van der Waals surface area contributed by atoms with Crippen LogP contribution in [0.3, 0.4) is 0 Å². The van der Waals surface area contributed by atoms with Crippen molar-refractivity contribution < 1.29 is 18.3 Å². The van der Waals surface area contributed by atoms with Gasteiger partial charge in [-0.1, -0.05) is 18.2 Å². The Kier molecular flexibility index (Phi) is 1.91. The van der Waals surface area contributed by atoms with E-state index >= 15 is 0 Å². The smallest absolute Gasteiger partial charge is 0.325 e. The van der Waals surface area contributed by atoms with Gasteiger partial charge < -0.3 is 5.11 Å². The number of carboxylic acid groups (broad SMARTS) is 1. The highest BCUT2D eigenvalue weighted by Gasteiger charge is 2.53. The van der Waals surface area contributed by atoms with Crippen LogP contribution in [0.5, 0.6) is 0 Å². The summed E-state index contributed by atoms with van der Waals surface area (Å²) in [5.74, 6) is -1.29. The highest BCUT2D eigenvalue weighted by atomic mass is 32.2. The predicted molar refractivity (Wildman–Crippen MR) is 53.4 cm³/mol. The average molecular weight is 226 g/mol. The molecule has 1 N–H and O–H groups in total. The van der Waals surface area contributed by atoms with Crippen molar-refractivity contribution in [3.8, 4) is 0 Å². The highest BCUT2D eigenvalue weighted by Crippen LogP contribution is 2.38. The zero-order chi connectivity index (χ0) is 11.3. The molecule has 80 valence electrons. The quantitative estimate of drug-likeness (QED) is 0.771. The zero-order valence-electron chi connectivity index (χ0n) is 8.10. The van der Waals surface area contributed by atoms with Gasteiger partial charge in [0, 0.05) is 6.42 Å². The summed E-state index contributed by atoms with van der Waals surface area (Å²) in [6.07, 6.45) is 0.0425. The molecule has 1 aromatic carbocycles. The van der Waals surface area contributed by atoms with E-state index in [2.05, 4.69) is 0 Å². The van der Waals surface area contributed by atoms with Crippen molar-refractivity contribution in [2.45, 2.75) is 23.0 Å². The van der Waals surface area contributed by atoms with E-state index in [0.29, 0.717) is 5.56 Å². The molecule has 1 aromatic rings. The molecule has 1 aliphatic heterocycles. The number of carboxylic acids is 1. The lowest BCUT2D eigenvalue weighted by Crippen LogP contribution is -2.41. The van der Waals surface area contributed by atoms with E-state index in [1.54, 1.807) is 18.2 Å². The fraction of sp³-hybridized carbons (Fsp3) is 0.300. The maximum atomic E-state index is 12.0. The molecule has 0 radical (unpaired) electrons. The van der Waals surface area contributed by atoms with Crippen LogP contribution in [-0.2, 0) is 21.1 Å². The third kappa shape index (κ3) is 1.13. The van der Waals surface area contributed by atoms with E-state index in [9.17, 15) is 13.2 Å². The first kappa shape index (κ1) is 10.2. The number of benzene rings is 1. The minimum absolute atomic E-state index is 0.0425. The minimum Gasteiger partial charge on any atom is -0.480 e. The summed E-state index contributed by atoms with van der Waals surface area (Å²) in [6.45, 7) is 1.25. The number of hydrogen-bond acceptors (Lipinski definition) is 3. The molecule has 0 saturated carbocycles. The molecule has 1 atom stereocenters. The lowest BCUT2D eigenvalue weighted by atomic mass is 10.0. The standard InChI is InChI=1S/C10H10O4S/c1-10(9(11)12)6-7-4-2-3-5-8(7)15(10,13)14/h2-5H,6H2,1H3,(H,11,12)/t10-/m0/s1. The van der Waals surface area contributed by atoms with Crippen molar-refractivity contribution in [1.29, 1.82) is 0 Å². The fourth-order valence-electron chi connectivity index (χ4n) is 1.80. The normalized spacial score (nSPS) is 27.3. The van der Waals surface area contributed by atoms with E-state index in [-0.39, 0.29) is 11.3 Å². The summed E-state index contributed by atoms with van der Waals surface area (Å²) in [4.78, 5) is 11.2. The Balaban J connectivity index is 2.73. The maximum Gasteiger partial charge on any atom is 0.325 e. The topological polar surface area (TPSA) is 71.4 Å². The van der Waals surface area contributed by atoms with Crippen LogP contribution in [0.1, 0.15) is 12.5 Å². The van der Waals surface area contributed by atoms with Crippen molar-refractivity contribution in [2.75, 3.05) is 0 Å². The highest BCUT2D eigenvalue weighted by molar-refractivity contribution is 7.94. The molecule has 4 nitrogen and oxygen atoms in total. The van der Waals surface area contributed by atoms with E-state index in [1.807, 2.05) is 0 Å². The zero-order valence-corrected chi connectivity index (χ0v) is 8.91. The molecule has 1 heterocycles. The van der Waals surface area contributed by atoms with Gasteiger partial charge in [-0.25, -0.2) is 8.42 Å². The largest absolute Gasteiger partial charge is 0.480 e. The minimum atomic E-state index is -3.74. The second-order valence-electron chi connectivity index (χ2n) is 3.82. The van der Waals surface area contributed by atoms with Crippen LogP contribution < -0.4 is 0 Å². The van der Waals surface area contributed by atoms with Crippen molar-refractivity contribution in [3.05, 3.63) is 29.8 Å². The van der Waals surface area contributed by atoms with Crippen LogP contribution in [-0.4, -0.2) is 24.2 Å². The molecule has 0 aliphatic carbocycles. The Morgan fingerprint density at radius 2 is 2.00 bits per heavy atom. The molecule has 0 saturated heterocycles. The van der Waals surface area contributed by atoms with Gasteiger partial charge in [-0.2, -0.15) is 0 Å². The first-order valence-electron chi connectivity index (χ1n) is 4.45. The molecule has 1 aliphatic rings. The molecule has 0 amide bonds. The third-order valence-electron chi connectivity index (χ3n) is 2.84. The first-order chi connectivity index (χ1) is 6.89. The van der Waals surface area contributed by atoms with Crippen LogP contribution in [0.4, 0.5) is 0 Å². The van der Waals surface area contributed by atoms with Gasteiger partial charge in [-0.05, 0) is 18.6 Å². The summed E-state index contributed by atoms with van der Waals surface area (Å²) < 4.78 is 22.2. The molecule has 2 rings (SSSR count). The molecule has 0 bridgehead atoms. The number of hydrogen-bond donors (Lipinski definition) is 1. The van der Waals surface area contributed by atoms with Crippen molar-refractivity contribution in [2.24, 2.45) is 0 Å². The number of fused-ring (bicyclic) bond motifs is 1. The third-order valence-corrected chi connectivity index (χ3v) is 5.32. The predicted octanol–water partition coefficient (Wildman–Crippen LogP) is 0.860. The van der Waals surface area contributed by atoms with Crippen molar-refractivity contribution >= 4 is 15.8 Å². The first-order valence-corrected chi connectivity index (χ1v) is 5.94. The van der Waals surface area contributed by atoms with E-state index in [1.165, 1.54) is 13.0 Å². The van der Waals surface area contributed by atoms with Gasteiger partial charge in [0.2, 0.25) is 0 Å².